The van der Waals surface area contributed by atoms with E-state index < -0.39 is 0 Å². The van der Waals surface area contributed by atoms with Gasteiger partial charge in [0, 0.05) is 12.0 Å². The molecule has 1 aromatic rings. The van der Waals surface area contributed by atoms with Crippen LogP contribution in [0.2, 0.25) is 0 Å². The minimum absolute atomic E-state index is 0.113. The molecule has 6 nitrogen and oxygen atoms in total. The molecule has 0 bridgehead atoms. The summed E-state index contributed by atoms with van der Waals surface area (Å²) in [5, 5.41) is 11.5. The Balaban J connectivity index is 1.88. The molecular weight excluding hydrogens is 218 g/mol. The molecule has 0 aliphatic heterocycles. The van der Waals surface area contributed by atoms with Crippen molar-refractivity contribution in [2.24, 2.45) is 12.8 Å². The van der Waals surface area contributed by atoms with Crippen molar-refractivity contribution in [3.63, 3.8) is 0 Å². The van der Waals surface area contributed by atoms with Crippen molar-refractivity contribution in [1.82, 2.24) is 20.2 Å². The second-order valence-electron chi connectivity index (χ2n) is 5.01. The molecule has 1 aliphatic carbocycles. The Labute approximate surface area is 101 Å². The Kier molecular flexibility index (Phi) is 3.51. The van der Waals surface area contributed by atoms with Gasteiger partial charge in [0.2, 0.25) is 0 Å². The molecule has 94 valence electrons. The van der Waals surface area contributed by atoms with Crippen LogP contribution in [0.1, 0.15) is 44.3 Å². The first-order chi connectivity index (χ1) is 8.07. The standard InChI is InChI=1S/C11H19N5O/c1-16-14-10(13-15-16)7-9(17)8-11(12)5-3-2-4-6-11/h2-8,12H2,1H3. The van der Waals surface area contributed by atoms with Gasteiger partial charge in [-0.25, -0.2) is 0 Å². The number of rotatable bonds is 4. The van der Waals surface area contributed by atoms with Gasteiger partial charge in [0.25, 0.3) is 0 Å². The van der Waals surface area contributed by atoms with Crippen LogP contribution in [-0.2, 0) is 18.3 Å². The second kappa shape index (κ2) is 4.91. The molecular formula is C11H19N5O. The van der Waals surface area contributed by atoms with Gasteiger partial charge in [0.15, 0.2) is 5.82 Å². The number of carbonyl (C=O) groups is 1. The lowest BCUT2D eigenvalue weighted by Gasteiger charge is -2.32. The maximum Gasteiger partial charge on any atom is 0.182 e. The summed E-state index contributed by atoms with van der Waals surface area (Å²) in [4.78, 5) is 13.3. The first kappa shape index (κ1) is 12.2. The van der Waals surface area contributed by atoms with E-state index in [1.54, 1.807) is 7.05 Å². The third kappa shape index (κ3) is 3.33. The zero-order valence-corrected chi connectivity index (χ0v) is 10.2. The molecule has 1 heterocycles. The number of tetrazole rings is 1. The van der Waals surface area contributed by atoms with Gasteiger partial charge < -0.3 is 5.73 Å². The zero-order valence-electron chi connectivity index (χ0n) is 10.2. The van der Waals surface area contributed by atoms with Crippen LogP contribution in [0.3, 0.4) is 0 Å². The van der Waals surface area contributed by atoms with Crippen LogP contribution < -0.4 is 5.73 Å². The van der Waals surface area contributed by atoms with Gasteiger partial charge >= 0.3 is 0 Å². The number of hydrogen-bond donors (Lipinski definition) is 1. The van der Waals surface area contributed by atoms with Crippen molar-refractivity contribution in [2.45, 2.75) is 50.5 Å². The number of hydrogen-bond acceptors (Lipinski definition) is 5. The van der Waals surface area contributed by atoms with E-state index in [9.17, 15) is 4.79 Å². The number of aromatic nitrogens is 4. The fraction of sp³-hybridized carbons (Fsp3) is 0.818. The highest BCUT2D eigenvalue weighted by Gasteiger charge is 2.30. The summed E-state index contributed by atoms with van der Waals surface area (Å²) in [7, 11) is 1.69. The van der Waals surface area contributed by atoms with Crippen molar-refractivity contribution < 1.29 is 4.79 Å². The van der Waals surface area contributed by atoms with Gasteiger partial charge in [-0.1, -0.05) is 19.3 Å². The highest BCUT2D eigenvalue weighted by molar-refractivity contribution is 5.81. The van der Waals surface area contributed by atoms with Gasteiger partial charge in [-0.05, 0) is 18.1 Å². The minimum Gasteiger partial charge on any atom is -0.325 e. The molecule has 2 rings (SSSR count). The molecule has 0 atom stereocenters. The second-order valence-corrected chi connectivity index (χ2v) is 5.01. The lowest BCUT2D eigenvalue weighted by molar-refractivity contribution is -0.120. The van der Waals surface area contributed by atoms with Crippen molar-refractivity contribution in [3.05, 3.63) is 5.82 Å². The predicted molar refractivity (Wildman–Crippen MR) is 62.1 cm³/mol. The summed E-state index contributed by atoms with van der Waals surface area (Å²) in [6, 6.07) is 0. The number of nitrogens with zero attached hydrogens (tertiary/aromatic N) is 4. The summed E-state index contributed by atoms with van der Waals surface area (Å²) in [6.45, 7) is 0. The van der Waals surface area contributed by atoms with Crippen LogP contribution in [-0.4, -0.2) is 31.5 Å². The van der Waals surface area contributed by atoms with Crippen molar-refractivity contribution in [2.75, 3.05) is 0 Å². The number of carbonyl (C=O) groups excluding carboxylic acids is 1. The Morgan fingerprint density at radius 2 is 2.12 bits per heavy atom. The van der Waals surface area contributed by atoms with Crippen LogP contribution in [0.5, 0.6) is 0 Å². The zero-order chi connectivity index (χ0) is 12.3. The number of nitrogens with two attached hydrogens (primary N) is 1. The third-order valence-corrected chi connectivity index (χ3v) is 3.30. The number of aryl methyl sites for hydroxylation is 1. The van der Waals surface area contributed by atoms with Gasteiger partial charge in [-0.2, -0.15) is 4.80 Å². The fourth-order valence-electron chi connectivity index (χ4n) is 2.46. The lowest BCUT2D eigenvalue weighted by Crippen LogP contribution is -2.43. The highest BCUT2D eigenvalue weighted by atomic mass is 16.1. The molecule has 17 heavy (non-hydrogen) atoms. The van der Waals surface area contributed by atoms with E-state index in [1.807, 2.05) is 0 Å². The van der Waals surface area contributed by atoms with E-state index in [2.05, 4.69) is 15.4 Å². The lowest BCUT2D eigenvalue weighted by atomic mass is 9.79. The van der Waals surface area contributed by atoms with Crippen molar-refractivity contribution in [1.29, 1.82) is 0 Å². The molecule has 0 spiro atoms. The summed E-state index contributed by atoms with van der Waals surface area (Å²) < 4.78 is 0. The summed E-state index contributed by atoms with van der Waals surface area (Å²) in [6.07, 6.45) is 6.08. The number of Topliss-reactive ketones (excluding diaryl/α,β-unsaturated/α-hetero) is 1. The molecule has 1 aliphatic rings. The Bertz CT molecular complexity index is 394. The summed E-state index contributed by atoms with van der Waals surface area (Å²) >= 11 is 0. The third-order valence-electron chi connectivity index (χ3n) is 3.30. The molecule has 0 saturated heterocycles. The van der Waals surface area contributed by atoms with Gasteiger partial charge in [0.1, 0.15) is 5.78 Å². The Morgan fingerprint density at radius 3 is 2.71 bits per heavy atom. The minimum atomic E-state index is -0.294. The molecule has 6 heteroatoms. The smallest absolute Gasteiger partial charge is 0.182 e. The van der Waals surface area contributed by atoms with E-state index in [0.29, 0.717) is 12.2 Å². The highest BCUT2D eigenvalue weighted by Crippen LogP contribution is 2.28. The molecule has 2 N–H and O–H groups in total. The van der Waals surface area contributed by atoms with Crippen LogP contribution in [0.25, 0.3) is 0 Å². The average Bonchev–Trinajstić information content (AvgIpc) is 2.63. The van der Waals surface area contributed by atoms with E-state index in [-0.39, 0.29) is 17.7 Å². The molecule has 1 saturated carbocycles. The van der Waals surface area contributed by atoms with Crippen molar-refractivity contribution >= 4 is 5.78 Å². The molecule has 0 radical (unpaired) electrons. The largest absolute Gasteiger partial charge is 0.325 e. The molecule has 1 aromatic heterocycles. The first-order valence-corrected chi connectivity index (χ1v) is 6.11. The van der Waals surface area contributed by atoms with Gasteiger partial charge in [-0.15, -0.1) is 10.2 Å². The fourth-order valence-corrected chi connectivity index (χ4v) is 2.46. The summed E-state index contributed by atoms with van der Waals surface area (Å²) in [5.74, 6) is 0.597. The van der Waals surface area contributed by atoms with Crippen LogP contribution in [0.15, 0.2) is 0 Å². The molecule has 0 unspecified atom stereocenters. The maximum absolute atomic E-state index is 11.9. The molecule has 0 amide bonds. The van der Waals surface area contributed by atoms with Crippen molar-refractivity contribution in [3.8, 4) is 0 Å². The van der Waals surface area contributed by atoms with Gasteiger partial charge in [-0.3, -0.25) is 4.79 Å². The van der Waals surface area contributed by atoms with E-state index >= 15 is 0 Å². The molecule has 1 fully saturated rings. The maximum atomic E-state index is 11.9. The monoisotopic (exact) mass is 237 g/mol. The quantitative estimate of drug-likeness (QED) is 0.817. The normalized spacial score (nSPS) is 19.2. The van der Waals surface area contributed by atoms with E-state index in [4.69, 9.17) is 5.73 Å². The average molecular weight is 237 g/mol. The van der Waals surface area contributed by atoms with E-state index in [1.165, 1.54) is 11.2 Å². The predicted octanol–water partition coefficient (Wildman–Crippen LogP) is 0.373. The number of ketones is 1. The summed E-state index contributed by atoms with van der Waals surface area (Å²) in [5.41, 5.74) is 5.94. The van der Waals surface area contributed by atoms with Gasteiger partial charge in [0.05, 0.1) is 13.5 Å². The van der Waals surface area contributed by atoms with Crippen LogP contribution in [0, 0.1) is 0 Å². The van der Waals surface area contributed by atoms with Crippen LogP contribution in [0.4, 0.5) is 0 Å². The molecule has 0 aromatic carbocycles. The SMILES string of the molecule is Cn1nnc(CC(=O)CC2(N)CCCCC2)n1. The Hall–Kier alpha value is -1.30. The van der Waals surface area contributed by atoms with E-state index in [0.717, 1.165) is 25.7 Å². The van der Waals surface area contributed by atoms with Crippen LogP contribution >= 0.6 is 0 Å². The first-order valence-electron chi connectivity index (χ1n) is 6.11. The Morgan fingerprint density at radius 1 is 1.41 bits per heavy atom. The topological polar surface area (TPSA) is 86.7 Å².